The van der Waals surface area contributed by atoms with Crippen molar-refractivity contribution >= 4 is 6.29 Å². The minimum absolute atomic E-state index is 0. The number of carbonyl (C=O) groups is 1. The van der Waals surface area contributed by atoms with Gasteiger partial charge in [-0.1, -0.05) is 75.3 Å². The van der Waals surface area contributed by atoms with E-state index in [9.17, 15) is 20.1 Å². The van der Waals surface area contributed by atoms with Gasteiger partial charge in [0, 0.05) is 20.1 Å². The van der Waals surface area contributed by atoms with E-state index in [0.29, 0.717) is 19.6 Å². The average Bonchev–Trinajstić information content (AvgIpc) is 2.83. The third-order valence-electron chi connectivity index (χ3n) is 5.03. The number of nitrogens with zero attached hydrogens (tertiary/aromatic N) is 1. The molecule has 0 aliphatic carbocycles. The van der Waals surface area contributed by atoms with Crippen LogP contribution in [0.3, 0.4) is 0 Å². The molecule has 1 aromatic rings. The van der Waals surface area contributed by atoms with Crippen LogP contribution in [0.5, 0.6) is 0 Å². The summed E-state index contributed by atoms with van der Waals surface area (Å²) in [5.74, 6) is 0. The van der Waals surface area contributed by atoms with Crippen molar-refractivity contribution in [2.75, 3.05) is 26.9 Å². The Morgan fingerprint density at radius 1 is 0.912 bits per heavy atom. The Bertz CT molecular complexity index is 539. The Hall–Kier alpha value is 0.246. The predicted molar refractivity (Wildman–Crippen MR) is 129 cm³/mol. The van der Waals surface area contributed by atoms with Gasteiger partial charge >= 0.3 is 51.4 Å². The molecule has 0 aliphatic heterocycles. The van der Waals surface area contributed by atoms with E-state index < -0.39 is 18.3 Å². The third kappa shape index (κ3) is 22.7. The standard InChI is InChI=1S/C17H34NO6.C8H10O.K/c19-12-9-7-5-3-1-2-4-6-8-11-18-24-14-16(22)17(23)15(21)10-13-20;1-9-7-8-5-3-2-4-6-8;/h12,15-17,20-23H,1-11,13-14H2;2-6H,7H2,1H3;/q-1;;+1. The molecule has 1 rings (SSSR count). The first-order valence-corrected chi connectivity index (χ1v) is 12.0. The van der Waals surface area contributed by atoms with Crippen LogP contribution in [0.4, 0.5) is 0 Å². The molecule has 0 saturated carbocycles. The predicted octanol–water partition coefficient (Wildman–Crippen LogP) is 0.304. The second-order valence-electron chi connectivity index (χ2n) is 7.99. The van der Waals surface area contributed by atoms with Crippen LogP contribution in [0, 0.1) is 0 Å². The molecule has 0 radical (unpaired) electrons. The minimum Gasteiger partial charge on any atom is -0.534 e. The first-order valence-electron chi connectivity index (χ1n) is 12.0. The van der Waals surface area contributed by atoms with E-state index in [1.54, 1.807) is 7.11 Å². The van der Waals surface area contributed by atoms with E-state index in [0.717, 1.165) is 38.4 Å². The van der Waals surface area contributed by atoms with Crippen LogP contribution in [-0.2, 0) is 21.0 Å². The molecule has 0 aromatic heterocycles. The van der Waals surface area contributed by atoms with Crippen LogP contribution in [-0.4, -0.2) is 71.9 Å². The van der Waals surface area contributed by atoms with Gasteiger partial charge in [0.05, 0.1) is 19.3 Å². The van der Waals surface area contributed by atoms with E-state index in [2.05, 4.69) is 5.48 Å². The number of aldehydes is 1. The molecule has 9 heteroatoms. The van der Waals surface area contributed by atoms with Crippen molar-refractivity contribution in [1.82, 2.24) is 0 Å². The third-order valence-corrected chi connectivity index (χ3v) is 5.03. The van der Waals surface area contributed by atoms with Gasteiger partial charge in [-0.3, -0.25) is 0 Å². The Kier molecular flexibility index (Phi) is 29.8. The minimum atomic E-state index is -1.35. The fourth-order valence-electron chi connectivity index (χ4n) is 3.06. The van der Waals surface area contributed by atoms with Crippen molar-refractivity contribution in [3.8, 4) is 0 Å². The second kappa shape index (κ2) is 27.8. The zero-order chi connectivity index (χ0) is 24.6. The Balaban J connectivity index is 0. The van der Waals surface area contributed by atoms with Crippen molar-refractivity contribution in [2.24, 2.45) is 0 Å². The van der Waals surface area contributed by atoms with Crippen molar-refractivity contribution in [3.05, 3.63) is 41.4 Å². The van der Waals surface area contributed by atoms with Gasteiger partial charge in [0.15, 0.2) is 0 Å². The number of benzene rings is 1. The summed E-state index contributed by atoms with van der Waals surface area (Å²) in [5, 5.41) is 37.2. The number of hydrogen-bond acceptors (Lipinski definition) is 7. The first-order chi connectivity index (χ1) is 16.1. The normalized spacial score (nSPS) is 13.2. The van der Waals surface area contributed by atoms with E-state index in [4.69, 9.17) is 14.7 Å². The fourth-order valence-corrected chi connectivity index (χ4v) is 3.06. The monoisotopic (exact) mass is 509 g/mol. The fraction of sp³-hybridized carbons (Fsp3) is 0.720. The molecule has 0 aliphatic rings. The summed E-state index contributed by atoms with van der Waals surface area (Å²) in [6.45, 7) is 0.821. The number of unbranched alkanes of at least 4 members (excludes halogenated alkanes) is 8. The van der Waals surface area contributed by atoms with Crippen molar-refractivity contribution < 1.29 is 86.2 Å². The molecule has 34 heavy (non-hydrogen) atoms. The van der Waals surface area contributed by atoms with Crippen LogP contribution in [0.1, 0.15) is 69.8 Å². The zero-order valence-electron chi connectivity index (χ0n) is 21.1. The molecular formula is C25H44KNO7. The molecule has 0 bridgehead atoms. The van der Waals surface area contributed by atoms with E-state index in [-0.39, 0.29) is 71.0 Å². The first kappa shape index (κ1) is 36.4. The van der Waals surface area contributed by atoms with Gasteiger partial charge < -0.3 is 40.3 Å². The van der Waals surface area contributed by atoms with Crippen LogP contribution >= 0.6 is 0 Å². The number of hydrogen-bond donors (Lipinski definition) is 4. The van der Waals surface area contributed by atoms with Crippen molar-refractivity contribution in [2.45, 2.75) is 89.1 Å². The van der Waals surface area contributed by atoms with E-state index in [1.807, 2.05) is 30.3 Å². The molecule has 0 amide bonds. The summed E-state index contributed by atoms with van der Waals surface area (Å²) in [6.07, 6.45) is 6.74. The molecule has 4 N–H and O–H groups in total. The summed E-state index contributed by atoms with van der Waals surface area (Å²) in [4.78, 5) is 15.1. The maximum absolute atomic E-state index is 10.1. The van der Waals surface area contributed by atoms with Gasteiger partial charge in [0.2, 0.25) is 0 Å². The Morgan fingerprint density at radius 3 is 2.06 bits per heavy atom. The molecule has 0 spiro atoms. The van der Waals surface area contributed by atoms with Crippen LogP contribution in [0.25, 0.3) is 5.48 Å². The molecule has 3 unspecified atom stereocenters. The van der Waals surface area contributed by atoms with Crippen LogP contribution in [0.15, 0.2) is 30.3 Å². The largest absolute Gasteiger partial charge is 1.00 e. The average molecular weight is 510 g/mol. The Morgan fingerprint density at radius 2 is 1.50 bits per heavy atom. The Labute approximate surface area is 247 Å². The van der Waals surface area contributed by atoms with E-state index >= 15 is 0 Å². The number of rotatable bonds is 20. The quantitative estimate of drug-likeness (QED) is 0.0861. The van der Waals surface area contributed by atoms with Crippen molar-refractivity contribution in [3.63, 3.8) is 0 Å². The van der Waals surface area contributed by atoms with Gasteiger partial charge in [-0.15, -0.1) is 6.54 Å². The summed E-state index contributed by atoms with van der Waals surface area (Å²) >= 11 is 0. The topological polar surface area (TPSA) is 131 Å². The van der Waals surface area contributed by atoms with Gasteiger partial charge in [-0.25, -0.2) is 0 Å². The molecule has 8 nitrogen and oxygen atoms in total. The SMILES string of the molecule is COCc1ccccc1.O=CCCCCCCCCCC[N-]OCC(O)C(O)C(O)CCO.[K+]. The van der Waals surface area contributed by atoms with E-state index in [1.165, 1.54) is 24.8 Å². The number of hydroxylamine groups is 1. The van der Waals surface area contributed by atoms with Gasteiger partial charge in [0.25, 0.3) is 0 Å². The molecule has 0 saturated heterocycles. The number of ether oxygens (including phenoxy) is 1. The smallest absolute Gasteiger partial charge is 0.534 e. The summed E-state index contributed by atoms with van der Waals surface area (Å²) < 4.78 is 4.93. The number of aliphatic hydroxyl groups is 4. The molecule has 192 valence electrons. The molecule has 3 atom stereocenters. The maximum atomic E-state index is 10.1. The van der Waals surface area contributed by atoms with Crippen LogP contribution < -0.4 is 51.4 Å². The zero-order valence-corrected chi connectivity index (χ0v) is 24.2. The summed E-state index contributed by atoms with van der Waals surface area (Å²) in [7, 11) is 1.70. The summed E-state index contributed by atoms with van der Waals surface area (Å²) in [5.41, 5.74) is 5.05. The number of aliphatic hydroxyl groups excluding tert-OH is 4. The van der Waals surface area contributed by atoms with Gasteiger partial charge in [-0.2, -0.15) is 0 Å². The number of carbonyl (C=O) groups excluding carboxylic acids is 1. The van der Waals surface area contributed by atoms with Crippen molar-refractivity contribution in [1.29, 1.82) is 0 Å². The molecule has 1 aromatic carbocycles. The molecule has 0 heterocycles. The summed E-state index contributed by atoms with van der Waals surface area (Å²) in [6, 6.07) is 10.1. The van der Waals surface area contributed by atoms with Gasteiger partial charge in [0.1, 0.15) is 18.5 Å². The van der Waals surface area contributed by atoms with Gasteiger partial charge in [-0.05, 0) is 18.4 Å². The molecular weight excluding hydrogens is 465 g/mol. The van der Waals surface area contributed by atoms with Crippen LogP contribution in [0.2, 0.25) is 0 Å². The molecule has 0 fully saturated rings. The maximum Gasteiger partial charge on any atom is 1.00 e. The number of methoxy groups -OCH3 is 1. The second-order valence-corrected chi connectivity index (χ2v) is 7.99.